The molecule has 0 saturated carbocycles. The van der Waals surface area contributed by atoms with E-state index >= 15 is 0 Å². The molecule has 30 heavy (non-hydrogen) atoms. The van der Waals surface area contributed by atoms with Gasteiger partial charge in [0.2, 0.25) is 0 Å². The standard InChI is InChI=1S/C22H24O6.C2H6/c1-12-6-7-22(3)16-5-4-14(13(2)8-19(25)26)21(27)20(16)18(24)9-17(22)15(12)10-28-11-23;1-2/h4-5,8,11,17,27H,6-7,9-10H2,1-3H3,(H,25,26);1-2H3/b13-8+;. The molecule has 1 aromatic rings. The molecule has 0 bridgehead atoms. The molecular weight excluding hydrogens is 384 g/mol. The van der Waals surface area contributed by atoms with Crippen LogP contribution in [0.25, 0.3) is 5.57 Å². The summed E-state index contributed by atoms with van der Waals surface area (Å²) in [5.74, 6) is -1.55. The summed E-state index contributed by atoms with van der Waals surface area (Å²) in [6.07, 6.45) is 2.87. The predicted octanol–water partition coefficient (Wildman–Crippen LogP) is 4.65. The molecule has 0 aliphatic heterocycles. The van der Waals surface area contributed by atoms with Crippen molar-refractivity contribution in [1.82, 2.24) is 0 Å². The number of ketones is 1. The highest BCUT2D eigenvalue weighted by Crippen LogP contribution is 2.54. The average Bonchev–Trinajstić information content (AvgIpc) is 2.70. The topological polar surface area (TPSA) is 101 Å². The van der Waals surface area contributed by atoms with Crippen molar-refractivity contribution >= 4 is 23.8 Å². The average molecular weight is 414 g/mol. The number of carbonyl (C=O) groups is 3. The van der Waals surface area contributed by atoms with Gasteiger partial charge in [-0.3, -0.25) is 9.59 Å². The van der Waals surface area contributed by atoms with Crippen LogP contribution >= 0.6 is 0 Å². The zero-order chi connectivity index (χ0) is 22.6. The van der Waals surface area contributed by atoms with Crippen molar-refractivity contribution in [2.45, 2.75) is 59.3 Å². The number of benzene rings is 1. The van der Waals surface area contributed by atoms with Gasteiger partial charge in [0.1, 0.15) is 12.4 Å². The number of carboxylic acids is 1. The molecular formula is C24H30O6. The smallest absolute Gasteiger partial charge is 0.328 e. The van der Waals surface area contributed by atoms with Crippen LogP contribution in [0.4, 0.5) is 0 Å². The number of hydrogen-bond acceptors (Lipinski definition) is 5. The highest BCUT2D eigenvalue weighted by atomic mass is 16.5. The van der Waals surface area contributed by atoms with Gasteiger partial charge in [0, 0.05) is 29.4 Å². The third-order valence-corrected chi connectivity index (χ3v) is 6.29. The lowest BCUT2D eigenvalue weighted by Crippen LogP contribution is -2.43. The second-order valence-electron chi connectivity index (χ2n) is 7.86. The molecule has 2 unspecified atom stereocenters. The normalized spacial score (nSPS) is 23.0. The first-order valence-electron chi connectivity index (χ1n) is 10.3. The zero-order valence-corrected chi connectivity index (χ0v) is 18.2. The van der Waals surface area contributed by atoms with E-state index in [9.17, 15) is 19.5 Å². The maximum absolute atomic E-state index is 13.0. The number of hydrogen-bond donors (Lipinski definition) is 2. The fourth-order valence-electron chi connectivity index (χ4n) is 4.70. The van der Waals surface area contributed by atoms with Crippen LogP contribution in [0.5, 0.6) is 5.75 Å². The number of carbonyl (C=O) groups excluding carboxylic acids is 2. The van der Waals surface area contributed by atoms with Crippen LogP contribution in [0.2, 0.25) is 0 Å². The molecule has 0 saturated heterocycles. The van der Waals surface area contributed by atoms with E-state index in [0.29, 0.717) is 17.6 Å². The van der Waals surface area contributed by atoms with E-state index in [1.54, 1.807) is 13.0 Å². The van der Waals surface area contributed by atoms with Crippen molar-refractivity contribution in [3.05, 3.63) is 46.0 Å². The second kappa shape index (κ2) is 9.28. The minimum Gasteiger partial charge on any atom is -0.507 e. The second-order valence-corrected chi connectivity index (χ2v) is 7.86. The van der Waals surface area contributed by atoms with Crippen LogP contribution in [0, 0.1) is 5.92 Å². The molecule has 6 nitrogen and oxygen atoms in total. The Morgan fingerprint density at radius 1 is 1.33 bits per heavy atom. The van der Waals surface area contributed by atoms with E-state index < -0.39 is 5.97 Å². The first kappa shape index (κ1) is 23.4. The molecule has 0 aromatic heterocycles. The van der Waals surface area contributed by atoms with Gasteiger partial charge in [-0.2, -0.15) is 0 Å². The summed E-state index contributed by atoms with van der Waals surface area (Å²) in [4.78, 5) is 34.7. The van der Waals surface area contributed by atoms with Crippen molar-refractivity contribution in [3.8, 4) is 5.75 Å². The molecule has 0 heterocycles. The number of fused-ring (bicyclic) bond motifs is 3. The lowest BCUT2D eigenvalue weighted by Gasteiger charge is -2.47. The zero-order valence-electron chi connectivity index (χ0n) is 18.2. The van der Waals surface area contributed by atoms with E-state index in [2.05, 4.69) is 6.92 Å². The van der Waals surface area contributed by atoms with Crippen molar-refractivity contribution in [2.75, 3.05) is 6.61 Å². The van der Waals surface area contributed by atoms with Gasteiger partial charge in [0.25, 0.3) is 6.47 Å². The SMILES string of the molecule is CC.CC1=C(COC=O)C2CC(=O)c3c(ccc(/C(C)=C/C(=O)O)c3O)C2(C)CC1. The lowest BCUT2D eigenvalue weighted by molar-refractivity contribution is -0.131. The quantitative estimate of drug-likeness (QED) is 0.413. The van der Waals surface area contributed by atoms with Crippen molar-refractivity contribution in [2.24, 2.45) is 5.92 Å². The number of phenols is 1. The van der Waals surface area contributed by atoms with Crippen LogP contribution in [-0.2, 0) is 19.7 Å². The van der Waals surface area contributed by atoms with Gasteiger partial charge in [-0.1, -0.05) is 38.5 Å². The molecule has 162 valence electrons. The van der Waals surface area contributed by atoms with Crippen LogP contribution in [-0.4, -0.2) is 35.0 Å². The molecule has 0 amide bonds. The molecule has 2 atom stereocenters. The largest absolute Gasteiger partial charge is 0.507 e. The number of rotatable bonds is 5. The first-order valence-corrected chi connectivity index (χ1v) is 10.3. The molecule has 0 spiro atoms. The number of phenolic OH excluding ortho intramolecular Hbond substituents is 1. The van der Waals surface area contributed by atoms with Gasteiger partial charge in [-0.25, -0.2) is 4.79 Å². The van der Waals surface area contributed by atoms with E-state index in [1.165, 1.54) is 0 Å². The highest BCUT2D eigenvalue weighted by Gasteiger charge is 2.48. The van der Waals surface area contributed by atoms with Crippen LogP contribution < -0.4 is 0 Å². The van der Waals surface area contributed by atoms with Gasteiger partial charge in [0.15, 0.2) is 5.78 Å². The van der Waals surface area contributed by atoms with Crippen molar-refractivity contribution < 1.29 is 29.3 Å². The van der Waals surface area contributed by atoms with E-state index in [-0.39, 0.29) is 41.5 Å². The fourth-order valence-corrected chi connectivity index (χ4v) is 4.70. The Bertz CT molecular complexity index is 924. The van der Waals surface area contributed by atoms with Crippen LogP contribution in [0.1, 0.15) is 75.4 Å². The van der Waals surface area contributed by atoms with E-state index in [1.807, 2.05) is 26.8 Å². The Morgan fingerprint density at radius 3 is 2.60 bits per heavy atom. The van der Waals surface area contributed by atoms with Gasteiger partial charge in [0.05, 0.1) is 5.56 Å². The van der Waals surface area contributed by atoms with Crippen LogP contribution in [0.3, 0.4) is 0 Å². The maximum Gasteiger partial charge on any atom is 0.328 e. The summed E-state index contributed by atoms with van der Waals surface area (Å²) in [5.41, 5.74) is 3.53. The molecule has 2 N–H and O–H groups in total. The number of ether oxygens (including phenoxy) is 1. The maximum atomic E-state index is 13.0. The van der Waals surface area contributed by atoms with Crippen molar-refractivity contribution in [3.63, 3.8) is 0 Å². The fraction of sp³-hybridized carbons (Fsp3) is 0.458. The molecule has 0 fully saturated rings. The third kappa shape index (κ3) is 4.04. The Balaban J connectivity index is 0.00000155. The number of aliphatic carboxylic acids is 1. The summed E-state index contributed by atoms with van der Waals surface area (Å²) in [6, 6.07) is 3.50. The van der Waals surface area contributed by atoms with E-state index in [4.69, 9.17) is 9.84 Å². The van der Waals surface area contributed by atoms with E-state index in [0.717, 1.165) is 35.6 Å². The number of allylic oxidation sites excluding steroid dienone is 2. The number of carboxylic acid groups (broad SMARTS) is 1. The molecule has 2 aliphatic carbocycles. The van der Waals surface area contributed by atoms with Gasteiger partial charge >= 0.3 is 5.97 Å². The predicted molar refractivity (Wildman–Crippen MR) is 114 cm³/mol. The molecule has 2 aliphatic rings. The summed E-state index contributed by atoms with van der Waals surface area (Å²) >= 11 is 0. The molecule has 0 radical (unpaired) electrons. The molecule has 1 aromatic carbocycles. The monoisotopic (exact) mass is 414 g/mol. The summed E-state index contributed by atoms with van der Waals surface area (Å²) in [5, 5.41) is 19.8. The summed E-state index contributed by atoms with van der Waals surface area (Å²) in [6.45, 7) is 10.3. The van der Waals surface area contributed by atoms with Gasteiger partial charge in [-0.15, -0.1) is 0 Å². The highest BCUT2D eigenvalue weighted by molar-refractivity contribution is 6.04. The molecule has 3 rings (SSSR count). The minimum absolute atomic E-state index is 0.0953. The van der Waals surface area contributed by atoms with Crippen molar-refractivity contribution in [1.29, 1.82) is 0 Å². The Hall–Kier alpha value is -2.89. The van der Waals surface area contributed by atoms with Gasteiger partial charge < -0.3 is 14.9 Å². The molecule has 6 heteroatoms. The Morgan fingerprint density at radius 2 is 2.00 bits per heavy atom. The minimum atomic E-state index is -1.11. The van der Waals surface area contributed by atoms with Gasteiger partial charge in [-0.05, 0) is 43.4 Å². The number of aromatic hydroxyl groups is 1. The van der Waals surface area contributed by atoms with Crippen LogP contribution in [0.15, 0.2) is 29.4 Å². The Kier molecular flexibility index (Phi) is 7.24. The third-order valence-electron chi connectivity index (χ3n) is 6.29. The Labute approximate surface area is 177 Å². The lowest BCUT2D eigenvalue weighted by atomic mass is 9.56. The first-order chi connectivity index (χ1) is 14.2. The number of Topliss-reactive ketones (excluding diaryl/α,β-unsaturated/α-hetero) is 1. The summed E-state index contributed by atoms with van der Waals surface area (Å²) < 4.78 is 5.01. The summed E-state index contributed by atoms with van der Waals surface area (Å²) in [7, 11) is 0.